The van der Waals surface area contributed by atoms with Crippen molar-refractivity contribution in [2.24, 2.45) is 0 Å². The van der Waals surface area contributed by atoms with Gasteiger partial charge in [-0.05, 0) is 37.4 Å². The highest BCUT2D eigenvalue weighted by Crippen LogP contribution is 2.10. The lowest BCUT2D eigenvalue weighted by atomic mass is 10.2. The van der Waals surface area contributed by atoms with Gasteiger partial charge in [0.1, 0.15) is 6.61 Å². The van der Waals surface area contributed by atoms with Crippen molar-refractivity contribution in [2.45, 2.75) is 13.8 Å². The second-order valence-corrected chi connectivity index (χ2v) is 4.11. The molecule has 0 saturated heterocycles. The van der Waals surface area contributed by atoms with Gasteiger partial charge >= 0.3 is 5.97 Å². The summed E-state index contributed by atoms with van der Waals surface area (Å²) in [4.78, 5) is 13.8. The molecule has 0 fully saturated rings. The number of carbonyl (C=O) groups is 1. The molecule has 0 atom stereocenters. The average molecular weight is 292 g/mol. The number of ether oxygens (including phenoxy) is 1. The van der Waals surface area contributed by atoms with Gasteiger partial charge in [0.2, 0.25) is 0 Å². The van der Waals surface area contributed by atoms with Crippen LogP contribution in [0.1, 0.15) is 24.2 Å². The Morgan fingerprint density at radius 2 is 1.78 bits per heavy atom. The third kappa shape index (κ3) is 5.71. The van der Waals surface area contributed by atoms with Crippen LogP contribution in [0.2, 0.25) is 5.02 Å². The summed E-state index contributed by atoms with van der Waals surface area (Å²) in [5.41, 5.74) is 0.536. The van der Waals surface area contributed by atoms with Crippen LogP contribution in [-0.2, 0) is 4.74 Å². The second kappa shape index (κ2) is 9.20. The Kier molecular flexibility index (Phi) is 8.81. The minimum Gasteiger partial charge on any atom is -0.461 e. The lowest BCUT2D eigenvalue weighted by Crippen LogP contribution is -2.27. The van der Waals surface area contributed by atoms with Crippen LogP contribution in [0.15, 0.2) is 24.3 Å². The molecule has 5 heteroatoms. The predicted molar refractivity (Wildman–Crippen MR) is 76.8 cm³/mol. The highest BCUT2D eigenvalue weighted by Gasteiger charge is 2.07. The number of hydrogen-bond donors (Lipinski definition) is 0. The second-order valence-electron chi connectivity index (χ2n) is 3.67. The summed E-state index contributed by atoms with van der Waals surface area (Å²) in [6.45, 7) is 7.30. The number of rotatable bonds is 6. The van der Waals surface area contributed by atoms with Crippen LogP contribution in [0, 0.1) is 0 Å². The van der Waals surface area contributed by atoms with Crippen molar-refractivity contribution >= 4 is 30.0 Å². The Morgan fingerprint density at radius 1 is 1.22 bits per heavy atom. The average Bonchev–Trinajstić information content (AvgIpc) is 2.35. The Hall–Kier alpha value is -0.770. The van der Waals surface area contributed by atoms with Crippen molar-refractivity contribution in [3.8, 4) is 0 Å². The molecule has 0 aliphatic rings. The molecule has 0 aliphatic heterocycles. The summed E-state index contributed by atoms with van der Waals surface area (Å²) in [6.07, 6.45) is 0. The molecule has 0 radical (unpaired) electrons. The molecule has 0 heterocycles. The summed E-state index contributed by atoms with van der Waals surface area (Å²) < 4.78 is 5.18. The standard InChI is InChI=1S/C13H18ClNO2.ClH/c1-3-15(4-2)9-10-17-13(16)11-5-7-12(14)8-6-11;/h5-8H,3-4,9-10H2,1-2H3;1H. The number of halogens is 2. The highest BCUT2D eigenvalue weighted by atomic mass is 35.5. The quantitative estimate of drug-likeness (QED) is 0.754. The van der Waals surface area contributed by atoms with Gasteiger partial charge in [-0.15, -0.1) is 12.4 Å². The van der Waals surface area contributed by atoms with Crippen LogP contribution < -0.4 is 0 Å². The minimum absolute atomic E-state index is 0. The van der Waals surface area contributed by atoms with Crippen LogP contribution in [0.3, 0.4) is 0 Å². The molecule has 102 valence electrons. The summed E-state index contributed by atoms with van der Waals surface area (Å²) in [5, 5.41) is 0.615. The van der Waals surface area contributed by atoms with E-state index in [1.807, 2.05) is 0 Å². The van der Waals surface area contributed by atoms with Gasteiger partial charge in [0, 0.05) is 11.6 Å². The maximum absolute atomic E-state index is 11.6. The zero-order valence-corrected chi connectivity index (χ0v) is 12.3. The number of hydrogen-bond acceptors (Lipinski definition) is 3. The highest BCUT2D eigenvalue weighted by molar-refractivity contribution is 6.30. The number of carbonyl (C=O) groups excluding carboxylic acids is 1. The van der Waals surface area contributed by atoms with E-state index in [0.29, 0.717) is 17.2 Å². The van der Waals surface area contributed by atoms with Gasteiger partial charge in [0.15, 0.2) is 0 Å². The normalized spacial score (nSPS) is 10.0. The van der Waals surface area contributed by atoms with Crippen molar-refractivity contribution in [1.82, 2.24) is 4.90 Å². The van der Waals surface area contributed by atoms with Gasteiger partial charge in [-0.2, -0.15) is 0 Å². The molecule has 3 nitrogen and oxygen atoms in total. The van der Waals surface area contributed by atoms with Crippen molar-refractivity contribution in [3.05, 3.63) is 34.9 Å². The van der Waals surface area contributed by atoms with Gasteiger partial charge in [0.05, 0.1) is 5.56 Å². The maximum atomic E-state index is 11.6. The van der Waals surface area contributed by atoms with Crippen LogP contribution in [0.4, 0.5) is 0 Å². The van der Waals surface area contributed by atoms with E-state index in [0.717, 1.165) is 19.6 Å². The van der Waals surface area contributed by atoms with E-state index >= 15 is 0 Å². The van der Waals surface area contributed by atoms with E-state index in [2.05, 4.69) is 18.7 Å². The molecule has 1 aromatic carbocycles. The number of likely N-dealkylation sites (N-methyl/N-ethyl adjacent to an activating group) is 1. The summed E-state index contributed by atoms with van der Waals surface area (Å²) in [7, 11) is 0. The fourth-order valence-corrected chi connectivity index (χ4v) is 1.60. The van der Waals surface area contributed by atoms with Crippen LogP contribution in [0.25, 0.3) is 0 Å². The molecule has 0 N–H and O–H groups in total. The predicted octanol–water partition coefficient (Wildman–Crippen LogP) is 3.26. The number of nitrogens with zero attached hydrogens (tertiary/aromatic N) is 1. The minimum atomic E-state index is -0.297. The molecule has 0 aromatic heterocycles. The number of benzene rings is 1. The third-order valence-electron chi connectivity index (χ3n) is 2.62. The molecular formula is C13H19Cl2NO2. The molecule has 0 amide bonds. The lowest BCUT2D eigenvalue weighted by Gasteiger charge is -2.17. The van der Waals surface area contributed by atoms with Gasteiger partial charge < -0.3 is 9.64 Å². The summed E-state index contributed by atoms with van der Waals surface area (Å²) >= 11 is 5.74. The van der Waals surface area contributed by atoms with Crippen molar-refractivity contribution in [1.29, 1.82) is 0 Å². The topological polar surface area (TPSA) is 29.5 Å². The van der Waals surface area contributed by atoms with E-state index in [1.54, 1.807) is 24.3 Å². The molecule has 18 heavy (non-hydrogen) atoms. The smallest absolute Gasteiger partial charge is 0.338 e. The lowest BCUT2D eigenvalue weighted by molar-refractivity contribution is 0.0466. The summed E-state index contributed by atoms with van der Waals surface area (Å²) in [6, 6.07) is 6.70. The first-order valence-electron chi connectivity index (χ1n) is 5.82. The van der Waals surface area contributed by atoms with Gasteiger partial charge in [0.25, 0.3) is 0 Å². The first kappa shape index (κ1) is 17.2. The van der Waals surface area contributed by atoms with Crippen LogP contribution >= 0.6 is 24.0 Å². The zero-order chi connectivity index (χ0) is 12.7. The van der Waals surface area contributed by atoms with Crippen molar-refractivity contribution in [3.63, 3.8) is 0 Å². The van der Waals surface area contributed by atoms with E-state index in [9.17, 15) is 4.79 Å². The SMILES string of the molecule is CCN(CC)CCOC(=O)c1ccc(Cl)cc1.Cl. The molecule has 1 aromatic rings. The largest absolute Gasteiger partial charge is 0.461 e. The number of esters is 1. The zero-order valence-electron chi connectivity index (χ0n) is 10.7. The van der Waals surface area contributed by atoms with Crippen LogP contribution in [-0.4, -0.2) is 37.1 Å². The van der Waals surface area contributed by atoms with E-state index in [1.165, 1.54) is 0 Å². The molecule has 0 bridgehead atoms. The van der Waals surface area contributed by atoms with Gasteiger partial charge in [-0.1, -0.05) is 25.4 Å². The fraction of sp³-hybridized carbons (Fsp3) is 0.462. The molecule has 0 saturated carbocycles. The third-order valence-corrected chi connectivity index (χ3v) is 2.87. The Balaban J connectivity index is 0.00000289. The van der Waals surface area contributed by atoms with Crippen molar-refractivity contribution in [2.75, 3.05) is 26.2 Å². The molecule has 0 aliphatic carbocycles. The van der Waals surface area contributed by atoms with Gasteiger partial charge in [-0.3, -0.25) is 0 Å². The maximum Gasteiger partial charge on any atom is 0.338 e. The Labute approximate surface area is 119 Å². The molecule has 1 rings (SSSR count). The van der Waals surface area contributed by atoms with E-state index in [4.69, 9.17) is 16.3 Å². The van der Waals surface area contributed by atoms with Gasteiger partial charge in [-0.25, -0.2) is 4.79 Å². The van der Waals surface area contributed by atoms with E-state index in [-0.39, 0.29) is 18.4 Å². The van der Waals surface area contributed by atoms with Crippen molar-refractivity contribution < 1.29 is 9.53 Å². The monoisotopic (exact) mass is 291 g/mol. The summed E-state index contributed by atoms with van der Waals surface area (Å²) in [5.74, 6) is -0.297. The first-order chi connectivity index (χ1) is 8.17. The first-order valence-corrected chi connectivity index (χ1v) is 6.20. The molecule has 0 unspecified atom stereocenters. The fourth-order valence-electron chi connectivity index (χ4n) is 1.48. The van der Waals surface area contributed by atoms with Crippen LogP contribution in [0.5, 0.6) is 0 Å². The Morgan fingerprint density at radius 3 is 2.28 bits per heavy atom. The molecule has 0 spiro atoms. The van der Waals surface area contributed by atoms with E-state index < -0.39 is 0 Å². The Bertz CT molecular complexity index is 351. The molecular weight excluding hydrogens is 273 g/mol.